The fourth-order valence-corrected chi connectivity index (χ4v) is 3.09. The van der Waals surface area contributed by atoms with Gasteiger partial charge in [0, 0.05) is 6.54 Å². The van der Waals surface area contributed by atoms with Gasteiger partial charge in [0.15, 0.2) is 4.34 Å². The third-order valence-electron chi connectivity index (χ3n) is 2.48. The Morgan fingerprint density at radius 2 is 2.33 bits per heavy atom. The highest BCUT2D eigenvalue weighted by Crippen LogP contribution is 2.28. The highest BCUT2D eigenvalue weighted by atomic mass is 32.2. The first kappa shape index (κ1) is 15.8. The first-order chi connectivity index (χ1) is 10.1. The summed E-state index contributed by atoms with van der Waals surface area (Å²) in [4.78, 5) is 11.3. The van der Waals surface area contributed by atoms with Crippen LogP contribution in [0.2, 0.25) is 0 Å². The Labute approximate surface area is 131 Å². The Bertz CT molecular complexity index is 595. The number of carbonyl (C=O) groups is 1. The molecule has 0 atom stereocenters. The van der Waals surface area contributed by atoms with Crippen molar-refractivity contribution in [2.45, 2.75) is 23.9 Å². The molecule has 0 aliphatic heterocycles. The third kappa shape index (κ3) is 4.75. The molecule has 2 rings (SSSR count). The van der Waals surface area contributed by atoms with Crippen molar-refractivity contribution < 1.29 is 13.9 Å². The summed E-state index contributed by atoms with van der Waals surface area (Å²) in [7, 11) is 1.34. The van der Waals surface area contributed by atoms with Crippen LogP contribution in [0.5, 0.6) is 0 Å². The van der Waals surface area contributed by atoms with Crippen LogP contribution >= 0.6 is 23.1 Å². The van der Waals surface area contributed by atoms with Gasteiger partial charge in [-0.05, 0) is 12.0 Å². The standard InChI is InChI=1S/C13H17N3O3S2/c1-8(2)5-14-12-15-16-13(21-12)20-7-10-4-9(6-19-10)11(17)18-3/h4,6,8H,5,7H2,1-3H3,(H,14,15). The Morgan fingerprint density at radius 3 is 3.05 bits per heavy atom. The molecule has 2 aromatic heterocycles. The lowest BCUT2D eigenvalue weighted by Crippen LogP contribution is -2.07. The third-order valence-corrected chi connectivity index (χ3v) is 4.52. The molecule has 21 heavy (non-hydrogen) atoms. The van der Waals surface area contributed by atoms with Crippen LogP contribution in [0.3, 0.4) is 0 Å². The zero-order valence-corrected chi connectivity index (χ0v) is 13.7. The number of thioether (sulfide) groups is 1. The van der Waals surface area contributed by atoms with Gasteiger partial charge in [0.2, 0.25) is 5.13 Å². The molecular formula is C13H17N3O3S2. The molecule has 6 nitrogen and oxygen atoms in total. The van der Waals surface area contributed by atoms with E-state index in [9.17, 15) is 4.79 Å². The average molecular weight is 327 g/mol. The summed E-state index contributed by atoms with van der Waals surface area (Å²) in [5.74, 6) is 1.46. The molecule has 0 aliphatic carbocycles. The summed E-state index contributed by atoms with van der Waals surface area (Å²) in [6, 6.07) is 1.68. The minimum atomic E-state index is -0.397. The summed E-state index contributed by atoms with van der Waals surface area (Å²) >= 11 is 3.03. The molecular weight excluding hydrogens is 310 g/mol. The lowest BCUT2D eigenvalue weighted by Gasteiger charge is -2.03. The zero-order chi connectivity index (χ0) is 15.2. The predicted molar refractivity (Wildman–Crippen MR) is 82.8 cm³/mol. The molecule has 0 aliphatic rings. The van der Waals surface area contributed by atoms with Crippen molar-refractivity contribution in [1.29, 1.82) is 0 Å². The van der Waals surface area contributed by atoms with Gasteiger partial charge in [-0.3, -0.25) is 0 Å². The minimum Gasteiger partial charge on any atom is -0.468 e. The van der Waals surface area contributed by atoms with E-state index >= 15 is 0 Å². The number of ether oxygens (including phenoxy) is 1. The molecule has 0 unspecified atom stereocenters. The van der Waals surface area contributed by atoms with Crippen LogP contribution < -0.4 is 5.32 Å². The Balaban J connectivity index is 1.85. The van der Waals surface area contributed by atoms with Crippen molar-refractivity contribution in [3.8, 4) is 0 Å². The van der Waals surface area contributed by atoms with E-state index in [1.54, 1.807) is 6.07 Å². The van der Waals surface area contributed by atoms with Gasteiger partial charge < -0.3 is 14.5 Å². The van der Waals surface area contributed by atoms with E-state index in [1.165, 1.54) is 36.5 Å². The topological polar surface area (TPSA) is 77.2 Å². The SMILES string of the molecule is COC(=O)c1coc(CSc2nnc(NCC(C)C)s2)c1. The van der Waals surface area contributed by atoms with Gasteiger partial charge in [0.1, 0.15) is 12.0 Å². The molecule has 2 aromatic rings. The van der Waals surface area contributed by atoms with Gasteiger partial charge in [0.25, 0.3) is 0 Å². The van der Waals surface area contributed by atoms with E-state index in [-0.39, 0.29) is 0 Å². The monoisotopic (exact) mass is 327 g/mol. The molecule has 2 heterocycles. The number of hydrogen-bond donors (Lipinski definition) is 1. The molecule has 1 N–H and O–H groups in total. The molecule has 8 heteroatoms. The van der Waals surface area contributed by atoms with E-state index in [0.717, 1.165) is 16.0 Å². The Hall–Kier alpha value is -1.54. The van der Waals surface area contributed by atoms with Gasteiger partial charge in [-0.2, -0.15) is 0 Å². The molecule has 0 saturated carbocycles. The van der Waals surface area contributed by atoms with E-state index in [1.807, 2.05) is 0 Å². The quantitative estimate of drug-likeness (QED) is 0.617. The predicted octanol–water partition coefficient (Wildman–Crippen LogP) is 3.28. The van der Waals surface area contributed by atoms with Crippen molar-refractivity contribution in [3.63, 3.8) is 0 Å². The maximum absolute atomic E-state index is 11.3. The number of rotatable bonds is 7. The van der Waals surface area contributed by atoms with Crippen molar-refractivity contribution in [3.05, 3.63) is 23.7 Å². The summed E-state index contributed by atoms with van der Waals surface area (Å²) in [6.45, 7) is 5.15. The van der Waals surface area contributed by atoms with Gasteiger partial charge >= 0.3 is 5.97 Å². The van der Waals surface area contributed by atoms with Crippen LogP contribution in [0, 0.1) is 5.92 Å². The zero-order valence-electron chi connectivity index (χ0n) is 12.1. The molecule has 0 radical (unpaired) electrons. The molecule has 0 saturated heterocycles. The number of nitrogens with one attached hydrogen (secondary N) is 1. The summed E-state index contributed by atoms with van der Waals surface area (Å²) in [5, 5.41) is 12.2. The highest BCUT2D eigenvalue weighted by molar-refractivity contribution is 8.00. The van der Waals surface area contributed by atoms with Crippen molar-refractivity contribution in [1.82, 2.24) is 10.2 Å². The highest BCUT2D eigenvalue weighted by Gasteiger charge is 2.11. The second-order valence-corrected chi connectivity index (χ2v) is 6.93. The number of carbonyl (C=O) groups excluding carboxylic acids is 1. The lowest BCUT2D eigenvalue weighted by atomic mass is 10.2. The van der Waals surface area contributed by atoms with E-state index in [2.05, 4.69) is 34.1 Å². The van der Waals surface area contributed by atoms with Crippen LogP contribution in [0.1, 0.15) is 30.0 Å². The Morgan fingerprint density at radius 1 is 1.52 bits per heavy atom. The molecule has 0 spiro atoms. The molecule has 0 aromatic carbocycles. The van der Waals surface area contributed by atoms with E-state index < -0.39 is 5.97 Å². The number of aromatic nitrogens is 2. The second kappa shape index (κ2) is 7.46. The normalized spacial score (nSPS) is 10.9. The van der Waals surface area contributed by atoms with Crippen LogP contribution in [0.25, 0.3) is 0 Å². The number of hydrogen-bond acceptors (Lipinski definition) is 8. The maximum Gasteiger partial charge on any atom is 0.341 e. The number of methoxy groups -OCH3 is 1. The van der Waals surface area contributed by atoms with Crippen LogP contribution in [-0.4, -0.2) is 29.8 Å². The first-order valence-corrected chi connectivity index (χ1v) is 8.24. The fourth-order valence-electron chi connectivity index (χ4n) is 1.45. The molecule has 0 fully saturated rings. The Kier molecular flexibility index (Phi) is 5.63. The molecule has 0 amide bonds. The number of furan rings is 1. The van der Waals surface area contributed by atoms with Gasteiger partial charge in [-0.15, -0.1) is 10.2 Å². The number of anilines is 1. The van der Waals surface area contributed by atoms with Gasteiger partial charge in [-0.25, -0.2) is 4.79 Å². The largest absolute Gasteiger partial charge is 0.468 e. The number of esters is 1. The molecule has 114 valence electrons. The van der Waals surface area contributed by atoms with Crippen molar-refractivity contribution in [2.24, 2.45) is 5.92 Å². The lowest BCUT2D eigenvalue weighted by molar-refractivity contribution is 0.0600. The fraction of sp³-hybridized carbons (Fsp3) is 0.462. The first-order valence-electron chi connectivity index (χ1n) is 6.44. The summed E-state index contributed by atoms with van der Waals surface area (Å²) in [6.07, 6.45) is 1.40. The van der Waals surface area contributed by atoms with Gasteiger partial charge in [-0.1, -0.05) is 36.9 Å². The maximum atomic E-state index is 11.3. The van der Waals surface area contributed by atoms with E-state index in [0.29, 0.717) is 23.0 Å². The smallest absolute Gasteiger partial charge is 0.341 e. The van der Waals surface area contributed by atoms with Crippen LogP contribution in [0.15, 0.2) is 21.1 Å². The van der Waals surface area contributed by atoms with Crippen molar-refractivity contribution >= 4 is 34.2 Å². The summed E-state index contributed by atoms with van der Waals surface area (Å²) in [5.41, 5.74) is 0.421. The minimum absolute atomic E-state index is 0.397. The van der Waals surface area contributed by atoms with Crippen LogP contribution in [0.4, 0.5) is 5.13 Å². The average Bonchev–Trinajstić information content (AvgIpc) is 3.11. The second-order valence-electron chi connectivity index (χ2n) is 4.73. The number of nitrogens with zero attached hydrogens (tertiary/aromatic N) is 2. The van der Waals surface area contributed by atoms with E-state index in [4.69, 9.17) is 4.42 Å². The van der Waals surface area contributed by atoms with Gasteiger partial charge in [0.05, 0.1) is 18.4 Å². The summed E-state index contributed by atoms with van der Waals surface area (Å²) < 4.78 is 10.8. The van der Waals surface area contributed by atoms with Crippen LogP contribution in [-0.2, 0) is 10.5 Å². The molecule has 0 bridgehead atoms. The van der Waals surface area contributed by atoms with Crippen molar-refractivity contribution in [2.75, 3.05) is 19.0 Å².